The molecular weight excluding hydrogens is 273 g/mol. The van der Waals surface area contributed by atoms with Gasteiger partial charge in [-0.05, 0) is 24.7 Å². The van der Waals surface area contributed by atoms with Crippen molar-refractivity contribution in [3.05, 3.63) is 35.1 Å². The van der Waals surface area contributed by atoms with E-state index in [1.165, 1.54) is 19.2 Å². The maximum atomic E-state index is 13.3. The van der Waals surface area contributed by atoms with Gasteiger partial charge in [0.25, 0.3) is 0 Å². The summed E-state index contributed by atoms with van der Waals surface area (Å²) in [6, 6.07) is 4.47. The fourth-order valence-corrected chi connectivity index (χ4v) is 1.98. The van der Waals surface area contributed by atoms with Crippen molar-refractivity contribution in [1.29, 1.82) is 0 Å². The van der Waals surface area contributed by atoms with Crippen molar-refractivity contribution in [1.82, 2.24) is 4.90 Å². The zero-order chi connectivity index (χ0) is 15.7. The Morgan fingerprint density at radius 1 is 1.43 bits per heavy atom. The van der Waals surface area contributed by atoms with Crippen LogP contribution in [0.5, 0.6) is 0 Å². The van der Waals surface area contributed by atoms with Crippen LogP contribution in [0, 0.1) is 17.7 Å². The summed E-state index contributed by atoms with van der Waals surface area (Å²) in [5, 5.41) is 18.4. The first kappa shape index (κ1) is 17.6. The zero-order valence-corrected chi connectivity index (χ0v) is 12.5. The Morgan fingerprint density at radius 3 is 2.86 bits per heavy atom. The first-order valence-corrected chi connectivity index (χ1v) is 6.80. The second-order valence-electron chi connectivity index (χ2n) is 4.88. The number of aliphatic hydroxyl groups excluding tert-OH is 2. The Bertz CT molecular complexity index is 496. The van der Waals surface area contributed by atoms with E-state index in [0.29, 0.717) is 25.1 Å². The van der Waals surface area contributed by atoms with Crippen molar-refractivity contribution >= 4 is 0 Å². The monoisotopic (exact) mass is 295 g/mol. The maximum Gasteiger partial charge on any atom is 0.124 e. The third-order valence-electron chi connectivity index (χ3n) is 2.85. The van der Waals surface area contributed by atoms with Crippen LogP contribution in [0.25, 0.3) is 0 Å². The van der Waals surface area contributed by atoms with E-state index in [4.69, 9.17) is 9.84 Å². The lowest BCUT2D eigenvalue weighted by molar-refractivity contribution is 0.0418. The molecule has 0 radical (unpaired) electrons. The van der Waals surface area contributed by atoms with Gasteiger partial charge in [-0.3, -0.25) is 4.90 Å². The highest BCUT2D eigenvalue weighted by Crippen LogP contribution is 2.13. The van der Waals surface area contributed by atoms with Crippen molar-refractivity contribution in [2.24, 2.45) is 0 Å². The van der Waals surface area contributed by atoms with Gasteiger partial charge in [-0.1, -0.05) is 17.9 Å². The van der Waals surface area contributed by atoms with Gasteiger partial charge in [0, 0.05) is 32.2 Å². The molecule has 0 spiro atoms. The number of hydrogen-bond donors (Lipinski definition) is 2. The minimum absolute atomic E-state index is 0.0131. The van der Waals surface area contributed by atoms with Gasteiger partial charge < -0.3 is 14.9 Å². The number of nitrogens with zero attached hydrogens (tertiary/aromatic N) is 1. The molecule has 0 aromatic heterocycles. The van der Waals surface area contributed by atoms with E-state index in [1.54, 1.807) is 6.07 Å². The second kappa shape index (κ2) is 9.48. The SMILES string of the molecule is COCC(O)CN(C)Cc1ccc(F)cc1C#CCCO. The summed E-state index contributed by atoms with van der Waals surface area (Å²) >= 11 is 0. The molecule has 0 bridgehead atoms. The van der Waals surface area contributed by atoms with E-state index in [0.717, 1.165) is 5.56 Å². The smallest absolute Gasteiger partial charge is 0.124 e. The Kier molecular flexibility index (Phi) is 7.95. The molecular formula is C16H22FNO3. The van der Waals surface area contributed by atoms with Crippen LogP contribution in [0.4, 0.5) is 4.39 Å². The van der Waals surface area contributed by atoms with Crippen molar-refractivity contribution in [3.63, 3.8) is 0 Å². The fraction of sp³-hybridized carbons (Fsp3) is 0.500. The molecule has 0 amide bonds. The third-order valence-corrected chi connectivity index (χ3v) is 2.85. The summed E-state index contributed by atoms with van der Waals surface area (Å²) in [5.41, 5.74) is 1.49. The summed E-state index contributed by atoms with van der Waals surface area (Å²) in [4.78, 5) is 1.92. The Balaban J connectivity index is 2.76. The van der Waals surface area contributed by atoms with Crippen LogP contribution in [-0.4, -0.2) is 55.1 Å². The summed E-state index contributed by atoms with van der Waals surface area (Å²) in [7, 11) is 3.41. The van der Waals surface area contributed by atoms with E-state index in [2.05, 4.69) is 11.8 Å². The first-order chi connectivity index (χ1) is 10.1. The van der Waals surface area contributed by atoms with Crippen molar-refractivity contribution < 1.29 is 19.3 Å². The molecule has 1 rings (SSSR count). The highest BCUT2D eigenvalue weighted by atomic mass is 19.1. The second-order valence-corrected chi connectivity index (χ2v) is 4.88. The van der Waals surface area contributed by atoms with Gasteiger partial charge in [0.05, 0.1) is 19.3 Å². The molecule has 0 saturated carbocycles. The van der Waals surface area contributed by atoms with Gasteiger partial charge in [-0.15, -0.1) is 0 Å². The minimum Gasteiger partial charge on any atom is -0.395 e. The molecule has 0 saturated heterocycles. The van der Waals surface area contributed by atoms with Crippen LogP contribution in [-0.2, 0) is 11.3 Å². The lowest BCUT2D eigenvalue weighted by Crippen LogP contribution is -2.31. The summed E-state index contributed by atoms with van der Waals surface area (Å²) < 4.78 is 18.2. The Hall–Kier alpha value is -1.45. The summed E-state index contributed by atoms with van der Waals surface area (Å²) in [6.45, 7) is 1.26. The van der Waals surface area contributed by atoms with Gasteiger partial charge in [-0.25, -0.2) is 4.39 Å². The Morgan fingerprint density at radius 2 is 2.19 bits per heavy atom. The molecule has 1 aromatic carbocycles. The molecule has 0 fully saturated rings. The number of aliphatic hydroxyl groups is 2. The molecule has 21 heavy (non-hydrogen) atoms. The maximum absolute atomic E-state index is 13.3. The summed E-state index contributed by atoms with van der Waals surface area (Å²) in [5.74, 6) is 5.33. The van der Waals surface area contributed by atoms with Crippen LogP contribution < -0.4 is 0 Å². The van der Waals surface area contributed by atoms with Gasteiger partial charge >= 0.3 is 0 Å². The third kappa shape index (κ3) is 6.69. The zero-order valence-electron chi connectivity index (χ0n) is 12.5. The molecule has 1 unspecified atom stereocenters. The van der Waals surface area contributed by atoms with Crippen LogP contribution in [0.2, 0.25) is 0 Å². The van der Waals surface area contributed by atoms with E-state index < -0.39 is 6.10 Å². The predicted molar refractivity (Wildman–Crippen MR) is 79.2 cm³/mol. The quantitative estimate of drug-likeness (QED) is 0.737. The highest BCUT2D eigenvalue weighted by Gasteiger charge is 2.10. The summed E-state index contributed by atoms with van der Waals surface area (Å²) in [6.07, 6.45) is -0.206. The van der Waals surface area contributed by atoms with Crippen molar-refractivity contribution in [3.8, 4) is 11.8 Å². The minimum atomic E-state index is -0.565. The molecule has 2 N–H and O–H groups in total. The predicted octanol–water partition coefficient (Wildman–Crippen LogP) is 0.999. The van der Waals surface area contributed by atoms with Gasteiger partial charge in [0.2, 0.25) is 0 Å². The van der Waals surface area contributed by atoms with Gasteiger partial charge in [0.1, 0.15) is 5.82 Å². The van der Waals surface area contributed by atoms with Crippen LogP contribution in [0.1, 0.15) is 17.5 Å². The number of benzene rings is 1. The first-order valence-electron chi connectivity index (χ1n) is 6.80. The van der Waals surface area contributed by atoms with Gasteiger partial charge in [0.15, 0.2) is 0 Å². The average molecular weight is 295 g/mol. The molecule has 4 nitrogen and oxygen atoms in total. The molecule has 0 aliphatic carbocycles. The Labute approximate surface area is 125 Å². The number of ether oxygens (including phenoxy) is 1. The van der Waals surface area contributed by atoms with Crippen molar-refractivity contribution in [2.45, 2.75) is 19.1 Å². The lowest BCUT2D eigenvalue weighted by Gasteiger charge is -2.20. The fourth-order valence-electron chi connectivity index (χ4n) is 1.98. The van der Waals surface area contributed by atoms with E-state index in [-0.39, 0.29) is 19.0 Å². The highest BCUT2D eigenvalue weighted by molar-refractivity contribution is 5.41. The normalized spacial score (nSPS) is 12.1. The van der Waals surface area contributed by atoms with E-state index in [1.807, 2.05) is 11.9 Å². The average Bonchev–Trinajstić information content (AvgIpc) is 2.42. The largest absolute Gasteiger partial charge is 0.395 e. The van der Waals surface area contributed by atoms with E-state index >= 15 is 0 Å². The molecule has 5 heteroatoms. The molecule has 1 aromatic rings. The van der Waals surface area contributed by atoms with Gasteiger partial charge in [-0.2, -0.15) is 0 Å². The number of hydrogen-bond acceptors (Lipinski definition) is 4. The van der Waals surface area contributed by atoms with E-state index in [9.17, 15) is 9.50 Å². The molecule has 0 aliphatic heterocycles. The molecule has 1 atom stereocenters. The lowest BCUT2D eigenvalue weighted by atomic mass is 10.1. The standard InChI is InChI=1S/C16H22FNO3/c1-18(11-16(20)12-21-2)10-14-6-7-15(17)9-13(14)5-3-4-8-19/h6-7,9,16,19-20H,4,8,10-12H2,1-2H3. The molecule has 116 valence electrons. The number of methoxy groups -OCH3 is 1. The topological polar surface area (TPSA) is 52.9 Å². The molecule has 0 aliphatic rings. The van der Waals surface area contributed by atoms with Crippen LogP contribution in [0.15, 0.2) is 18.2 Å². The number of likely N-dealkylation sites (N-methyl/N-ethyl adjacent to an activating group) is 1. The number of rotatable bonds is 7. The molecule has 0 heterocycles. The van der Waals surface area contributed by atoms with Crippen LogP contribution >= 0.6 is 0 Å². The number of halogens is 1. The van der Waals surface area contributed by atoms with Crippen molar-refractivity contribution in [2.75, 3.05) is 33.9 Å². The van der Waals surface area contributed by atoms with Crippen LogP contribution in [0.3, 0.4) is 0 Å².